The van der Waals surface area contributed by atoms with E-state index in [1.54, 1.807) is 38.3 Å². The van der Waals surface area contributed by atoms with Crippen LogP contribution in [0.15, 0.2) is 48.5 Å². The average Bonchev–Trinajstić information content (AvgIpc) is 2.71. The topological polar surface area (TPSA) is 84.9 Å². The van der Waals surface area contributed by atoms with E-state index >= 15 is 0 Å². The SMILES string of the molecule is CC[C@@H](NC(=O)[C@H](C)N(c1cccc(OC)c1)S(C)(=O)=O)c1ccc(OC)cc1. The van der Waals surface area contributed by atoms with E-state index in [1.165, 1.54) is 7.11 Å². The fourth-order valence-corrected chi connectivity index (χ4v) is 4.27. The molecule has 2 aromatic rings. The van der Waals surface area contributed by atoms with Gasteiger partial charge in [0, 0.05) is 6.07 Å². The van der Waals surface area contributed by atoms with Gasteiger partial charge in [-0.05, 0) is 43.2 Å². The van der Waals surface area contributed by atoms with Crippen molar-refractivity contribution in [3.05, 3.63) is 54.1 Å². The summed E-state index contributed by atoms with van der Waals surface area (Å²) in [7, 11) is -0.611. The summed E-state index contributed by atoms with van der Waals surface area (Å²) in [5.41, 5.74) is 1.29. The van der Waals surface area contributed by atoms with Crippen LogP contribution in [-0.2, 0) is 14.8 Å². The van der Waals surface area contributed by atoms with E-state index < -0.39 is 16.1 Å². The molecular weight excluding hydrogens is 392 g/mol. The molecule has 1 amide bonds. The number of carbonyl (C=O) groups is 1. The van der Waals surface area contributed by atoms with Gasteiger partial charge in [-0.15, -0.1) is 0 Å². The number of benzene rings is 2. The van der Waals surface area contributed by atoms with Gasteiger partial charge in [-0.2, -0.15) is 0 Å². The molecule has 7 nitrogen and oxygen atoms in total. The predicted octanol–water partition coefficient (Wildman–Crippen LogP) is 3.13. The first-order valence-corrected chi connectivity index (χ1v) is 11.1. The summed E-state index contributed by atoms with van der Waals surface area (Å²) in [5.74, 6) is 0.846. The van der Waals surface area contributed by atoms with Gasteiger partial charge < -0.3 is 14.8 Å². The molecule has 0 radical (unpaired) electrons. The number of methoxy groups -OCH3 is 2. The fourth-order valence-electron chi connectivity index (χ4n) is 3.11. The number of rotatable bonds is 9. The Morgan fingerprint density at radius 2 is 1.69 bits per heavy atom. The maximum Gasteiger partial charge on any atom is 0.244 e. The number of nitrogens with zero attached hydrogens (tertiary/aromatic N) is 1. The standard InChI is InChI=1S/C21H28N2O5S/c1-6-20(16-10-12-18(27-3)13-11-16)22-21(24)15(2)23(29(5,25)26)17-8-7-9-19(14-17)28-4/h7-15,20H,6H2,1-5H3,(H,22,24)/t15-,20+/m0/s1. The van der Waals surface area contributed by atoms with Crippen molar-refractivity contribution >= 4 is 21.6 Å². The molecule has 2 rings (SSSR count). The molecule has 0 saturated heterocycles. The van der Waals surface area contributed by atoms with Crippen molar-refractivity contribution in [3.8, 4) is 11.5 Å². The Balaban J connectivity index is 2.27. The highest BCUT2D eigenvalue weighted by atomic mass is 32.2. The van der Waals surface area contributed by atoms with Crippen LogP contribution in [0.1, 0.15) is 31.9 Å². The Hall–Kier alpha value is -2.74. The zero-order chi connectivity index (χ0) is 21.6. The average molecular weight is 421 g/mol. The quantitative estimate of drug-likeness (QED) is 0.674. The Labute approximate surface area is 172 Å². The molecule has 0 aliphatic heterocycles. The van der Waals surface area contributed by atoms with Gasteiger partial charge >= 0.3 is 0 Å². The summed E-state index contributed by atoms with van der Waals surface area (Å²) in [4.78, 5) is 13.0. The number of nitrogens with one attached hydrogen (secondary N) is 1. The predicted molar refractivity (Wildman–Crippen MR) is 114 cm³/mol. The van der Waals surface area contributed by atoms with Crippen LogP contribution in [0.3, 0.4) is 0 Å². The van der Waals surface area contributed by atoms with Gasteiger partial charge in [-0.25, -0.2) is 8.42 Å². The van der Waals surface area contributed by atoms with Gasteiger partial charge in [0.25, 0.3) is 0 Å². The number of ether oxygens (including phenoxy) is 2. The second-order valence-electron chi connectivity index (χ2n) is 6.68. The lowest BCUT2D eigenvalue weighted by atomic mass is 10.0. The van der Waals surface area contributed by atoms with E-state index in [4.69, 9.17) is 9.47 Å². The molecule has 0 fully saturated rings. The van der Waals surface area contributed by atoms with E-state index in [-0.39, 0.29) is 11.9 Å². The smallest absolute Gasteiger partial charge is 0.244 e. The molecule has 2 atom stereocenters. The van der Waals surface area contributed by atoms with Crippen molar-refractivity contribution < 1.29 is 22.7 Å². The van der Waals surface area contributed by atoms with Crippen molar-refractivity contribution in [2.45, 2.75) is 32.4 Å². The van der Waals surface area contributed by atoms with Crippen molar-refractivity contribution in [3.63, 3.8) is 0 Å². The highest BCUT2D eigenvalue weighted by molar-refractivity contribution is 7.92. The van der Waals surface area contributed by atoms with Crippen LogP contribution in [0.5, 0.6) is 11.5 Å². The van der Waals surface area contributed by atoms with Crippen LogP contribution in [0.4, 0.5) is 5.69 Å². The van der Waals surface area contributed by atoms with E-state index in [2.05, 4.69) is 5.32 Å². The van der Waals surface area contributed by atoms with Gasteiger partial charge in [0.2, 0.25) is 15.9 Å². The second-order valence-corrected chi connectivity index (χ2v) is 8.54. The number of hydrogen-bond acceptors (Lipinski definition) is 5. The third kappa shape index (κ3) is 5.63. The molecule has 1 N–H and O–H groups in total. The first kappa shape index (κ1) is 22.5. The molecular formula is C21H28N2O5S. The molecule has 0 spiro atoms. The van der Waals surface area contributed by atoms with Gasteiger partial charge in [-0.1, -0.05) is 25.1 Å². The molecule has 0 heterocycles. The molecule has 0 bridgehead atoms. The molecule has 0 unspecified atom stereocenters. The number of anilines is 1. The van der Waals surface area contributed by atoms with Crippen LogP contribution < -0.4 is 19.1 Å². The molecule has 29 heavy (non-hydrogen) atoms. The Kier molecular flexibility index (Phi) is 7.50. The van der Waals surface area contributed by atoms with Gasteiger partial charge in [0.1, 0.15) is 17.5 Å². The van der Waals surface area contributed by atoms with E-state index in [0.717, 1.165) is 21.9 Å². The van der Waals surface area contributed by atoms with Crippen molar-refractivity contribution in [1.29, 1.82) is 0 Å². The summed E-state index contributed by atoms with van der Waals surface area (Å²) in [5, 5.41) is 2.95. The lowest BCUT2D eigenvalue weighted by Crippen LogP contribution is -2.48. The molecule has 158 valence electrons. The minimum absolute atomic E-state index is 0.248. The van der Waals surface area contributed by atoms with E-state index in [0.29, 0.717) is 17.9 Å². The summed E-state index contributed by atoms with van der Waals surface area (Å²) < 4.78 is 36.4. The maximum atomic E-state index is 13.0. The van der Waals surface area contributed by atoms with Crippen molar-refractivity contribution in [2.75, 3.05) is 24.8 Å². The van der Waals surface area contributed by atoms with Crippen LogP contribution >= 0.6 is 0 Å². The Morgan fingerprint density at radius 3 is 2.21 bits per heavy atom. The molecule has 8 heteroatoms. The van der Waals surface area contributed by atoms with Gasteiger partial charge in [-0.3, -0.25) is 9.10 Å². The summed E-state index contributed by atoms with van der Waals surface area (Å²) in [6.45, 7) is 3.52. The maximum absolute atomic E-state index is 13.0. The first-order chi connectivity index (χ1) is 13.7. The molecule has 0 aliphatic carbocycles. The lowest BCUT2D eigenvalue weighted by molar-refractivity contribution is -0.122. The minimum Gasteiger partial charge on any atom is -0.497 e. The van der Waals surface area contributed by atoms with Crippen molar-refractivity contribution in [2.24, 2.45) is 0 Å². The fraction of sp³-hybridized carbons (Fsp3) is 0.381. The zero-order valence-electron chi connectivity index (χ0n) is 17.4. The first-order valence-electron chi connectivity index (χ1n) is 9.29. The van der Waals surface area contributed by atoms with Crippen LogP contribution in [0, 0.1) is 0 Å². The Bertz CT molecular complexity index is 928. The van der Waals surface area contributed by atoms with Gasteiger partial charge in [0.15, 0.2) is 0 Å². The molecule has 0 saturated carbocycles. The van der Waals surface area contributed by atoms with Gasteiger partial charge in [0.05, 0.1) is 32.2 Å². The van der Waals surface area contributed by atoms with Crippen LogP contribution in [0.2, 0.25) is 0 Å². The zero-order valence-corrected chi connectivity index (χ0v) is 18.2. The normalized spacial score (nSPS) is 13.3. The number of carbonyl (C=O) groups excluding carboxylic acids is 1. The Morgan fingerprint density at radius 1 is 1.07 bits per heavy atom. The number of sulfonamides is 1. The minimum atomic E-state index is -3.70. The van der Waals surface area contributed by atoms with Crippen molar-refractivity contribution in [1.82, 2.24) is 5.32 Å². The largest absolute Gasteiger partial charge is 0.497 e. The number of hydrogen-bond donors (Lipinski definition) is 1. The highest BCUT2D eigenvalue weighted by Crippen LogP contribution is 2.26. The number of amides is 1. The highest BCUT2D eigenvalue weighted by Gasteiger charge is 2.30. The molecule has 0 aromatic heterocycles. The monoisotopic (exact) mass is 420 g/mol. The van der Waals surface area contributed by atoms with Crippen LogP contribution in [0.25, 0.3) is 0 Å². The lowest BCUT2D eigenvalue weighted by Gasteiger charge is -2.30. The summed E-state index contributed by atoms with van der Waals surface area (Å²) >= 11 is 0. The van der Waals surface area contributed by atoms with Crippen LogP contribution in [-0.4, -0.2) is 40.8 Å². The summed E-state index contributed by atoms with van der Waals surface area (Å²) in [6.07, 6.45) is 1.74. The summed E-state index contributed by atoms with van der Waals surface area (Å²) in [6, 6.07) is 12.9. The second kappa shape index (κ2) is 9.65. The molecule has 2 aromatic carbocycles. The third-order valence-electron chi connectivity index (χ3n) is 4.64. The molecule has 0 aliphatic rings. The van der Waals surface area contributed by atoms with E-state index in [9.17, 15) is 13.2 Å². The third-order valence-corrected chi connectivity index (χ3v) is 5.88. The van der Waals surface area contributed by atoms with E-state index in [1.807, 2.05) is 31.2 Å².